The fourth-order valence-electron chi connectivity index (χ4n) is 3.94. The molecule has 1 aliphatic heterocycles. The van der Waals surface area contributed by atoms with E-state index in [1.165, 1.54) is 24.2 Å². The molecule has 1 N–H and O–H groups in total. The van der Waals surface area contributed by atoms with Crippen LogP contribution in [0.3, 0.4) is 0 Å². The summed E-state index contributed by atoms with van der Waals surface area (Å²) < 4.78 is 5.44. The predicted molar refractivity (Wildman–Crippen MR) is 108 cm³/mol. The van der Waals surface area contributed by atoms with E-state index in [0.29, 0.717) is 25.9 Å². The number of likely N-dealkylation sites (tertiary alicyclic amines) is 1. The van der Waals surface area contributed by atoms with Gasteiger partial charge >= 0.3 is 5.97 Å². The van der Waals surface area contributed by atoms with E-state index in [1.807, 2.05) is 17.5 Å². The van der Waals surface area contributed by atoms with Gasteiger partial charge in [-0.1, -0.05) is 31.7 Å². The van der Waals surface area contributed by atoms with E-state index in [9.17, 15) is 14.4 Å². The normalized spacial score (nSPS) is 20.2. The van der Waals surface area contributed by atoms with Gasteiger partial charge in [0.15, 0.2) is 6.10 Å². The van der Waals surface area contributed by atoms with E-state index in [4.69, 9.17) is 4.74 Å². The molecule has 1 atom stereocenters. The molecule has 0 unspecified atom stereocenters. The second-order valence-corrected chi connectivity index (χ2v) is 8.77. The van der Waals surface area contributed by atoms with Gasteiger partial charge in [-0.25, -0.2) is 0 Å². The third kappa shape index (κ3) is 5.56. The third-order valence-corrected chi connectivity index (χ3v) is 6.57. The number of esters is 1. The second-order valence-electron chi connectivity index (χ2n) is 7.82. The molecule has 1 aliphatic carbocycles. The van der Waals surface area contributed by atoms with Crippen molar-refractivity contribution in [3.05, 3.63) is 22.4 Å². The lowest BCUT2D eigenvalue weighted by atomic mass is 9.97. The zero-order chi connectivity index (χ0) is 19.9. The van der Waals surface area contributed by atoms with Crippen LogP contribution in [-0.4, -0.2) is 47.9 Å². The van der Waals surface area contributed by atoms with Crippen LogP contribution in [0.25, 0.3) is 0 Å². The standard InChI is InChI=1S/C21H30N2O4S/c1-15(19(24)22-17-7-4-2-3-5-8-17)27-21(26)16-10-12-23(13-11-16)20(25)18-9-6-14-28-18/h6,9,14-17H,2-5,7-8,10-13H2,1H3,(H,22,24)/t15-/m1/s1. The molecule has 0 radical (unpaired) electrons. The molecule has 0 aromatic carbocycles. The zero-order valence-electron chi connectivity index (χ0n) is 16.5. The first kappa shape index (κ1) is 20.8. The first-order valence-electron chi connectivity index (χ1n) is 10.4. The van der Waals surface area contributed by atoms with Gasteiger partial charge in [0.05, 0.1) is 10.8 Å². The van der Waals surface area contributed by atoms with Gasteiger partial charge in [-0.15, -0.1) is 11.3 Å². The number of amides is 2. The number of hydrogen-bond donors (Lipinski definition) is 1. The van der Waals surface area contributed by atoms with E-state index < -0.39 is 6.10 Å². The maximum Gasteiger partial charge on any atom is 0.309 e. The third-order valence-electron chi connectivity index (χ3n) is 5.71. The average Bonchev–Trinajstić information content (AvgIpc) is 3.12. The van der Waals surface area contributed by atoms with Gasteiger partial charge in [0.2, 0.25) is 0 Å². The molecule has 1 aromatic rings. The highest BCUT2D eigenvalue weighted by Gasteiger charge is 2.31. The minimum Gasteiger partial charge on any atom is -0.452 e. The molecule has 0 spiro atoms. The lowest BCUT2D eigenvalue weighted by molar-refractivity contribution is -0.160. The molecule has 1 aromatic heterocycles. The lowest BCUT2D eigenvalue weighted by Crippen LogP contribution is -2.44. The number of rotatable bonds is 5. The van der Waals surface area contributed by atoms with Crippen LogP contribution in [-0.2, 0) is 14.3 Å². The summed E-state index contributed by atoms with van der Waals surface area (Å²) >= 11 is 1.43. The number of thiophene rings is 1. The first-order valence-corrected chi connectivity index (χ1v) is 11.3. The monoisotopic (exact) mass is 406 g/mol. The lowest BCUT2D eigenvalue weighted by Gasteiger charge is -2.31. The molecule has 154 valence electrons. The fourth-order valence-corrected chi connectivity index (χ4v) is 4.63. The van der Waals surface area contributed by atoms with Crippen LogP contribution < -0.4 is 5.32 Å². The van der Waals surface area contributed by atoms with Crippen molar-refractivity contribution in [2.24, 2.45) is 5.92 Å². The van der Waals surface area contributed by atoms with Gasteiger partial charge in [-0.05, 0) is 44.1 Å². The Balaban J connectivity index is 1.42. The van der Waals surface area contributed by atoms with E-state index >= 15 is 0 Å². The number of carbonyl (C=O) groups is 3. The molecule has 2 heterocycles. The summed E-state index contributed by atoms with van der Waals surface area (Å²) in [6.07, 6.45) is 7.12. The molecule has 1 saturated carbocycles. The van der Waals surface area contributed by atoms with Gasteiger partial charge in [0.25, 0.3) is 11.8 Å². The van der Waals surface area contributed by atoms with E-state index in [-0.39, 0.29) is 29.7 Å². The summed E-state index contributed by atoms with van der Waals surface area (Å²) in [6, 6.07) is 3.88. The first-order chi connectivity index (χ1) is 13.5. The Hall–Kier alpha value is -1.89. The van der Waals surface area contributed by atoms with Crippen molar-refractivity contribution in [2.45, 2.75) is 70.4 Å². The van der Waals surface area contributed by atoms with Crippen molar-refractivity contribution in [3.63, 3.8) is 0 Å². The Labute approximate surface area is 170 Å². The summed E-state index contributed by atoms with van der Waals surface area (Å²) in [4.78, 5) is 39.7. The number of nitrogens with one attached hydrogen (secondary N) is 1. The van der Waals surface area contributed by atoms with Gasteiger partial charge in [0.1, 0.15) is 0 Å². The van der Waals surface area contributed by atoms with Crippen molar-refractivity contribution in [1.82, 2.24) is 10.2 Å². The van der Waals surface area contributed by atoms with Gasteiger partial charge in [0, 0.05) is 19.1 Å². The zero-order valence-corrected chi connectivity index (χ0v) is 17.3. The smallest absolute Gasteiger partial charge is 0.309 e. The maximum atomic E-state index is 12.5. The molecule has 28 heavy (non-hydrogen) atoms. The highest BCUT2D eigenvalue weighted by Crippen LogP contribution is 2.22. The number of carbonyl (C=O) groups excluding carboxylic acids is 3. The average molecular weight is 407 g/mol. The number of hydrogen-bond acceptors (Lipinski definition) is 5. The molecule has 0 bridgehead atoms. The molecule has 7 heteroatoms. The van der Waals surface area contributed by atoms with Gasteiger partial charge in [-0.2, -0.15) is 0 Å². The van der Waals surface area contributed by atoms with Crippen molar-refractivity contribution in [3.8, 4) is 0 Å². The number of ether oxygens (including phenoxy) is 1. The Kier molecular flexibility index (Phi) is 7.48. The van der Waals surface area contributed by atoms with Crippen molar-refractivity contribution >= 4 is 29.1 Å². The summed E-state index contributed by atoms with van der Waals surface area (Å²) in [6.45, 7) is 2.72. The second kappa shape index (κ2) is 10.0. The Morgan fingerprint density at radius 3 is 2.39 bits per heavy atom. The van der Waals surface area contributed by atoms with Crippen LogP contribution in [0.4, 0.5) is 0 Å². The molecule has 1 saturated heterocycles. The fraction of sp³-hybridized carbons (Fsp3) is 0.667. The SMILES string of the molecule is C[C@@H](OC(=O)C1CCN(C(=O)c2cccs2)CC1)C(=O)NC1CCCCCC1. The molecular formula is C21H30N2O4S. The number of piperidine rings is 1. The van der Waals surface area contributed by atoms with Crippen molar-refractivity contribution < 1.29 is 19.1 Å². The highest BCUT2D eigenvalue weighted by molar-refractivity contribution is 7.12. The van der Waals surface area contributed by atoms with Gasteiger partial charge < -0.3 is 15.0 Å². The summed E-state index contributed by atoms with van der Waals surface area (Å²) in [7, 11) is 0. The van der Waals surface area contributed by atoms with E-state index in [2.05, 4.69) is 5.32 Å². The van der Waals surface area contributed by atoms with Crippen LogP contribution >= 0.6 is 11.3 Å². The molecule has 6 nitrogen and oxygen atoms in total. The van der Waals surface area contributed by atoms with Crippen LogP contribution in [0.15, 0.2) is 17.5 Å². The Bertz CT molecular complexity index is 660. The molecule has 2 fully saturated rings. The minimum absolute atomic E-state index is 0.0259. The van der Waals surface area contributed by atoms with Gasteiger partial charge in [-0.3, -0.25) is 14.4 Å². The molecule has 3 rings (SSSR count). The van der Waals surface area contributed by atoms with Crippen LogP contribution in [0.5, 0.6) is 0 Å². The maximum absolute atomic E-state index is 12.5. The molecular weight excluding hydrogens is 376 g/mol. The molecule has 2 aliphatic rings. The van der Waals surface area contributed by atoms with E-state index in [0.717, 1.165) is 30.6 Å². The Morgan fingerprint density at radius 2 is 1.79 bits per heavy atom. The predicted octanol–water partition coefficient (Wildman–Crippen LogP) is 3.37. The summed E-state index contributed by atoms with van der Waals surface area (Å²) in [5.41, 5.74) is 0. The van der Waals surface area contributed by atoms with E-state index in [1.54, 1.807) is 11.8 Å². The Morgan fingerprint density at radius 1 is 1.11 bits per heavy atom. The highest BCUT2D eigenvalue weighted by atomic mass is 32.1. The van der Waals surface area contributed by atoms with Crippen molar-refractivity contribution in [2.75, 3.05) is 13.1 Å². The quantitative estimate of drug-likeness (QED) is 0.601. The molecule has 2 amide bonds. The minimum atomic E-state index is -0.776. The summed E-state index contributed by atoms with van der Waals surface area (Å²) in [5.74, 6) is -0.754. The van der Waals surface area contributed by atoms with Crippen LogP contribution in [0.1, 0.15) is 68.0 Å². The number of nitrogens with zero attached hydrogens (tertiary/aromatic N) is 1. The van der Waals surface area contributed by atoms with Crippen LogP contribution in [0, 0.1) is 5.92 Å². The topological polar surface area (TPSA) is 75.7 Å². The van der Waals surface area contributed by atoms with Crippen LogP contribution in [0.2, 0.25) is 0 Å². The largest absolute Gasteiger partial charge is 0.452 e. The summed E-state index contributed by atoms with van der Waals surface area (Å²) in [5, 5.41) is 4.92. The van der Waals surface area contributed by atoms with Crippen molar-refractivity contribution in [1.29, 1.82) is 0 Å².